The van der Waals surface area contributed by atoms with E-state index in [1.165, 1.54) is 23.5 Å². The van der Waals surface area contributed by atoms with Gasteiger partial charge in [0.25, 0.3) is 0 Å². The van der Waals surface area contributed by atoms with Crippen molar-refractivity contribution >= 4 is 32.5 Å². The average Bonchev–Trinajstić information content (AvgIpc) is 3.57. The van der Waals surface area contributed by atoms with E-state index in [1.54, 1.807) is 47.3 Å². The average molecular weight is 548 g/mol. The Kier molecular flexibility index (Phi) is 5.30. The molecule has 194 valence electrons. The number of aryl methyl sites for hydroxylation is 1. The van der Waals surface area contributed by atoms with Gasteiger partial charge in [0.15, 0.2) is 5.75 Å². The maximum Gasteiger partial charge on any atom is 0.344 e. The third-order valence-electron chi connectivity index (χ3n) is 6.87. The highest BCUT2D eigenvalue weighted by Gasteiger charge is 2.38. The van der Waals surface area contributed by atoms with Crippen LogP contribution in [0.3, 0.4) is 0 Å². The molecule has 7 rings (SSSR count). The van der Waals surface area contributed by atoms with Crippen molar-refractivity contribution in [3.05, 3.63) is 117 Å². The van der Waals surface area contributed by atoms with Crippen molar-refractivity contribution < 1.29 is 13.5 Å². The van der Waals surface area contributed by atoms with Crippen LogP contribution in [0, 0.1) is 24.1 Å². The minimum absolute atomic E-state index is 0.0397. The molecule has 1 unspecified atom stereocenters. The first-order valence-corrected chi connectivity index (χ1v) is 13.1. The number of aromatic nitrogens is 3. The number of benzene rings is 3. The van der Waals surface area contributed by atoms with E-state index in [1.807, 2.05) is 25.1 Å². The minimum atomic E-state index is -0.958. The summed E-state index contributed by atoms with van der Waals surface area (Å²) in [4.78, 5) is 18.2. The molecule has 0 amide bonds. The largest absolute Gasteiger partial charge is 0.439 e. The summed E-state index contributed by atoms with van der Waals surface area (Å²) in [7, 11) is 0. The Hall–Kier alpha value is -5.27. The fourth-order valence-electron chi connectivity index (χ4n) is 5.02. The molecule has 2 N–H and O–H groups in total. The molecular weight excluding hydrogens is 529 g/mol. The first-order valence-electron chi connectivity index (χ1n) is 12.3. The third-order valence-corrected chi connectivity index (χ3v) is 7.88. The topological polar surface area (TPSA) is 120 Å². The van der Waals surface area contributed by atoms with Crippen LogP contribution in [0.4, 0.5) is 4.39 Å². The van der Waals surface area contributed by atoms with E-state index in [-0.39, 0.29) is 22.8 Å². The Balaban J connectivity index is 1.52. The van der Waals surface area contributed by atoms with Crippen LogP contribution in [0.5, 0.6) is 5.75 Å². The minimum Gasteiger partial charge on any atom is -0.439 e. The summed E-state index contributed by atoms with van der Waals surface area (Å²) in [6, 6.07) is 20.9. The number of halogens is 1. The molecule has 0 radical (unpaired) electrons. The molecule has 0 fully saturated rings. The zero-order valence-electron chi connectivity index (χ0n) is 20.9. The number of ether oxygens (including phenoxy) is 1. The molecule has 6 aromatic rings. The predicted octanol–water partition coefficient (Wildman–Crippen LogP) is 5.92. The summed E-state index contributed by atoms with van der Waals surface area (Å²) >= 11 is 1.45. The van der Waals surface area contributed by atoms with Gasteiger partial charge in [0.1, 0.15) is 23.0 Å². The zero-order chi connectivity index (χ0) is 27.5. The van der Waals surface area contributed by atoms with Crippen molar-refractivity contribution in [1.29, 1.82) is 5.26 Å². The van der Waals surface area contributed by atoms with E-state index in [2.05, 4.69) is 6.07 Å². The molecule has 10 heteroatoms. The van der Waals surface area contributed by atoms with Gasteiger partial charge in [0.05, 0.1) is 32.8 Å². The standard InChI is InChI=1S/C30H18FN5O3S/c1-15-6-11-21-23(12-15)40-30(34-21)36-14-20(26(35-36)16-7-9-17(31)10-8-16)24-19(13-32)28(33)39-27-18-4-2-3-5-22(18)38-29(37)25(24)27/h2-12,14,24H,33H2,1H3. The number of nitrogens with two attached hydrogens (primary N) is 1. The third kappa shape index (κ3) is 3.67. The summed E-state index contributed by atoms with van der Waals surface area (Å²) in [6.07, 6.45) is 1.72. The number of hydrogen-bond acceptors (Lipinski definition) is 8. The van der Waals surface area contributed by atoms with Gasteiger partial charge in [-0.3, -0.25) is 0 Å². The molecule has 0 saturated carbocycles. The molecule has 0 spiro atoms. The number of thiazole rings is 1. The van der Waals surface area contributed by atoms with Crippen LogP contribution in [0.25, 0.3) is 37.6 Å². The number of para-hydroxylation sites is 1. The lowest BCUT2D eigenvalue weighted by atomic mass is 9.83. The van der Waals surface area contributed by atoms with Crippen LogP contribution in [-0.2, 0) is 0 Å². The van der Waals surface area contributed by atoms with Gasteiger partial charge in [-0.1, -0.05) is 29.5 Å². The SMILES string of the molecule is Cc1ccc2nc(-n3cc(C4C(C#N)=C(N)Oc5c4c(=O)oc4ccccc54)c(-c4ccc(F)cc4)n3)sc2c1. The Morgan fingerprint density at radius 2 is 1.93 bits per heavy atom. The number of fused-ring (bicyclic) bond motifs is 4. The fraction of sp³-hybridized carbons (Fsp3) is 0.0667. The second-order valence-electron chi connectivity index (χ2n) is 9.41. The summed E-state index contributed by atoms with van der Waals surface area (Å²) in [6.45, 7) is 2.01. The summed E-state index contributed by atoms with van der Waals surface area (Å²) in [5.74, 6) is -1.26. The van der Waals surface area contributed by atoms with Gasteiger partial charge in [0.2, 0.25) is 11.0 Å². The van der Waals surface area contributed by atoms with Crippen LogP contribution >= 0.6 is 11.3 Å². The van der Waals surface area contributed by atoms with Crippen molar-refractivity contribution in [2.24, 2.45) is 5.73 Å². The van der Waals surface area contributed by atoms with Crippen LogP contribution in [-0.4, -0.2) is 14.8 Å². The molecule has 0 bridgehead atoms. The van der Waals surface area contributed by atoms with E-state index in [0.717, 1.165) is 15.8 Å². The molecule has 40 heavy (non-hydrogen) atoms. The second-order valence-corrected chi connectivity index (χ2v) is 10.4. The quantitative estimate of drug-likeness (QED) is 0.273. The molecule has 0 saturated heterocycles. The van der Waals surface area contributed by atoms with Crippen LogP contribution in [0.1, 0.15) is 22.6 Å². The van der Waals surface area contributed by atoms with Crippen LogP contribution in [0.15, 0.2) is 93.6 Å². The van der Waals surface area contributed by atoms with Gasteiger partial charge >= 0.3 is 5.63 Å². The van der Waals surface area contributed by atoms with E-state index in [9.17, 15) is 14.4 Å². The van der Waals surface area contributed by atoms with Gasteiger partial charge in [0, 0.05) is 17.3 Å². The van der Waals surface area contributed by atoms with E-state index in [4.69, 9.17) is 25.0 Å². The van der Waals surface area contributed by atoms with Crippen LogP contribution in [0.2, 0.25) is 0 Å². The summed E-state index contributed by atoms with van der Waals surface area (Å²) in [5.41, 5.74) is 9.55. The van der Waals surface area contributed by atoms with Crippen molar-refractivity contribution in [3.8, 4) is 28.2 Å². The normalized spacial score (nSPS) is 14.8. The number of allylic oxidation sites excluding steroid dienone is 1. The van der Waals surface area contributed by atoms with E-state index in [0.29, 0.717) is 32.9 Å². The molecule has 1 aliphatic heterocycles. The molecule has 1 aliphatic rings. The van der Waals surface area contributed by atoms with Gasteiger partial charge in [-0.25, -0.2) is 18.9 Å². The molecule has 1 atom stereocenters. The molecule has 4 heterocycles. The number of nitrogens with zero attached hydrogens (tertiary/aromatic N) is 4. The van der Waals surface area contributed by atoms with Crippen molar-refractivity contribution in [1.82, 2.24) is 14.8 Å². The van der Waals surface area contributed by atoms with Gasteiger partial charge < -0.3 is 14.9 Å². The predicted molar refractivity (Wildman–Crippen MR) is 149 cm³/mol. The van der Waals surface area contributed by atoms with Crippen molar-refractivity contribution in [2.75, 3.05) is 0 Å². The fourth-order valence-corrected chi connectivity index (χ4v) is 6.01. The Bertz CT molecular complexity index is 2120. The molecule has 8 nitrogen and oxygen atoms in total. The lowest BCUT2D eigenvalue weighted by molar-refractivity contribution is 0.388. The maximum absolute atomic E-state index is 13.9. The number of hydrogen-bond donors (Lipinski definition) is 1. The number of rotatable bonds is 3. The van der Waals surface area contributed by atoms with Crippen molar-refractivity contribution in [2.45, 2.75) is 12.8 Å². The van der Waals surface area contributed by atoms with Crippen molar-refractivity contribution in [3.63, 3.8) is 0 Å². The second kappa shape index (κ2) is 8.90. The van der Waals surface area contributed by atoms with Gasteiger partial charge in [-0.15, -0.1) is 0 Å². The highest BCUT2D eigenvalue weighted by atomic mass is 32.1. The zero-order valence-corrected chi connectivity index (χ0v) is 21.7. The summed E-state index contributed by atoms with van der Waals surface area (Å²) < 4.78 is 28.0. The lowest BCUT2D eigenvalue weighted by Crippen LogP contribution is -2.26. The first kappa shape index (κ1) is 23.8. The smallest absolute Gasteiger partial charge is 0.344 e. The van der Waals surface area contributed by atoms with Crippen LogP contribution < -0.4 is 16.1 Å². The van der Waals surface area contributed by atoms with Gasteiger partial charge in [-0.2, -0.15) is 10.4 Å². The molecule has 3 aromatic heterocycles. The molecular formula is C30H18FN5O3S. The highest BCUT2D eigenvalue weighted by molar-refractivity contribution is 7.20. The Morgan fingerprint density at radius 1 is 1.12 bits per heavy atom. The van der Waals surface area contributed by atoms with Gasteiger partial charge in [-0.05, 0) is 61.0 Å². The Labute approximate surface area is 230 Å². The Morgan fingerprint density at radius 3 is 2.73 bits per heavy atom. The van der Waals surface area contributed by atoms with E-state index >= 15 is 0 Å². The maximum atomic E-state index is 13.9. The molecule has 3 aromatic carbocycles. The highest BCUT2D eigenvalue weighted by Crippen LogP contribution is 2.46. The summed E-state index contributed by atoms with van der Waals surface area (Å²) in [5, 5.41) is 16.1. The van der Waals surface area contributed by atoms with E-state index < -0.39 is 17.4 Å². The molecule has 0 aliphatic carbocycles. The lowest BCUT2D eigenvalue weighted by Gasteiger charge is -2.25. The first-order chi connectivity index (χ1) is 19.4. The number of nitriles is 1. The monoisotopic (exact) mass is 547 g/mol.